The van der Waals surface area contributed by atoms with Crippen LogP contribution in [-0.4, -0.2) is 232 Å². The number of rotatable bonds is 37. The summed E-state index contributed by atoms with van der Waals surface area (Å²) in [5.41, 5.74) is 9.55. The number of carbonyl (C=O) groups is 14. The molecule has 3 saturated heterocycles. The number of nitrogens with one attached hydrogen (secondary N) is 8. The third-order valence-electron chi connectivity index (χ3n) is 18.2. The fourth-order valence-electron chi connectivity index (χ4n) is 12.8. The maximum atomic E-state index is 14.5. The summed E-state index contributed by atoms with van der Waals surface area (Å²) in [6.07, 6.45) is -1.50. The quantitative estimate of drug-likeness (QED) is 0.0126. The summed E-state index contributed by atoms with van der Waals surface area (Å²) in [4.78, 5) is 201. The van der Waals surface area contributed by atoms with Crippen LogP contribution in [-0.2, 0) is 62.3 Å². The van der Waals surface area contributed by atoms with Crippen molar-refractivity contribution in [2.24, 2.45) is 5.73 Å². The highest BCUT2D eigenvalue weighted by Crippen LogP contribution is 2.43. The highest BCUT2D eigenvalue weighted by Gasteiger charge is 2.43. The van der Waals surface area contributed by atoms with E-state index in [2.05, 4.69) is 42.6 Å². The van der Waals surface area contributed by atoms with Crippen LogP contribution in [0.15, 0.2) is 63.8 Å². The van der Waals surface area contributed by atoms with Crippen molar-refractivity contribution >= 4 is 117 Å². The Kier molecular flexibility index (Phi) is 29.5. The van der Waals surface area contributed by atoms with Gasteiger partial charge in [0.15, 0.2) is 10.5 Å². The molecule has 105 heavy (non-hydrogen) atoms. The first kappa shape index (κ1) is 81.4. The first-order chi connectivity index (χ1) is 49.9. The Balaban J connectivity index is 0.922. The minimum atomic E-state index is -1.76. The molecule has 10 amide bonds. The van der Waals surface area contributed by atoms with E-state index in [1.54, 1.807) is 12.1 Å². The topological polar surface area (TPSA) is 526 Å². The number of aliphatic carboxylic acids is 3. The van der Waals surface area contributed by atoms with Gasteiger partial charge in [-0.05, 0) is 151 Å². The summed E-state index contributed by atoms with van der Waals surface area (Å²) < 4.78 is 5.94. The lowest BCUT2D eigenvalue weighted by Gasteiger charge is -2.32. The summed E-state index contributed by atoms with van der Waals surface area (Å²) in [7, 11) is 0. The number of carbonyl (C=O) groups excluding carboxylic acids is 10. The van der Waals surface area contributed by atoms with Gasteiger partial charge in [-0.1, -0.05) is 13.3 Å². The molecule has 5 aliphatic rings. The van der Waals surface area contributed by atoms with Crippen molar-refractivity contribution in [3.05, 3.63) is 70.4 Å². The number of nitrogens with zero attached hydrogens (tertiary/aromatic N) is 4. The Morgan fingerprint density at radius 3 is 1.81 bits per heavy atom. The van der Waals surface area contributed by atoms with E-state index in [1.165, 1.54) is 61.2 Å². The van der Waals surface area contributed by atoms with E-state index in [1.807, 2.05) is 6.92 Å². The smallest absolute Gasteiger partial charge is 0.336 e. The maximum absolute atomic E-state index is 14.5. The fraction of sp³-hybridized carbons (Fsp3) is 0.507. The SMILES string of the molecule is CCCCNN(CC(=O)N1CCC[C@@H]1C(=O)N[C@H](CCC(=O)O)C(=O)N[C@H](CCC(=O)O)C(N)=O)C(=O)[C@@H](C)NC(=O)[C@H](NC(=O)[C@H]1CCCN1C(=O)[C@@H](CCC(=O)O)NC(=O)[C@H]1CCCN1C(=O)CCCCNC(=S)Nc1ccc(C(=O)O)c(-c2c3ccc(=O)cc-3oc3cc(O)ccc23)c1)[C@@H](C)O. The average Bonchev–Trinajstić information content (AvgIpc) is 0.989. The molecule has 0 aromatic heterocycles. The van der Waals surface area contributed by atoms with Crippen molar-refractivity contribution in [1.29, 1.82) is 0 Å². The number of primary amides is 1. The zero-order valence-electron chi connectivity index (χ0n) is 58.1. The molecule has 0 radical (unpaired) electrons. The van der Waals surface area contributed by atoms with Crippen molar-refractivity contribution in [2.45, 2.75) is 184 Å². The number of phenolic OH excluding ortho intramolecular Hbond substituents is 1. The molecule has 9 atom stereocenters. The van der Waals surface area contributed by atoms with E-state index in [4.69, 9.17) is 27.5 Å². The number of aromatic carboxylic acids is 1. The normalized spacial score (nSPS) is 17.3. The zero-order valence-corrected chi connectivity index (χ0v) is 59.0. The van der Waals surface area contributed by atoms with E-state index in [-0.39, 0.29) is 116 Å². The molecule has 0 bridgehead atoms. The lowest BCUT2D eigenvalue weighted by Crippen LogP contribution is -2.61. The molecular weight excluding hydrogens is 1390 g/mol. The molecule has 1 aliphatic carbocycles. The number of hydrogen-bond acceptors (Lipinski definition) is 20. The van der Waals surface area contributed by atoms with Gasteiger partial charge in [0, 0.05) is 92.7 Å². The van der Waals surface area contributed by atoms with Crippen LogP contribution in [0.2, 0.25) is 0 Å². The van der Waals surface area contributed by atoms with Crippen LogP contribution < -0.4 is 53.8 Å². The number of fused-ring (bicyclic) bond motifs is 2. The number of unbranched alkanes of at least 4 members (excludes halogenated alkanes) is 2. The number of aromatic hydroxyl groups is 1. The molecule has 4 heterocycles. The van der Waals surface area contributed by atoms with Gasteiger partial charge < -0.3 is 92.7 Å². The monoisotopic (exact) mass is 1480 g/mol. The van der Waals surface area contributed by atoms with Gasteiger partial charge in [-0.15, -0.1) is 0 Å². The standard InChI is InChI=1S/C69H89N13O22S/c1-4-5-28-72-82(35-54(87)80-30-9-12-49(80)62(96)76-46(22-25-56(90)91)61(95)75-45(60(70)94)21-24-55(88)89)66(100)36(2)73-65(99)59(37(3)83)78-64(98)50-13-10-31-81(50)67(101)47(23-26-57(92)93)77-63(97)48-11-8-29-79(48)53(86)14-6-7-27-71-69(105)74-38-15-18-41(68(102)103)44(32-38)58-42-19-16-39(84)33-51(42)104-52-34-40(85)17-20-43(52)58/h15-20,32-34,36-37,45-50,59,72,83-84H,4-14,21-31,35H2,1-3H3,(H2,70,94)(H,73,99)(H,75,95)(H,76,96)(H,77,97)(H,78,98)(H,88,89)(H,90,91)(H,92,93)(H,102,103)(H2,71,74,105)/t36-,37-,45-,46-,47-,48-,49-,50-,59-/m1/s1. The van der Waals surface area contributed by atoms with Crippen LogP contribution in [0.5, 0.6) is 5.75 Å². The first-order valence-corrected chi connectivity index (χ1v) is 35.0. The van der Waals surface area contributed by atoms with Crippen LogP contribution in [0.25, 0.3) is 33.4 Å². The fourth-order valence-corrected chi connectivity index (χ4v) is 13.0. The van der Waals surface area contributed by atoms with Crippen LogP contribution in [0, 0.1) is 0 Å². The molecule has 0 saturated carbocycles. The number of hydrogen-bond donors (Lipinski definition) is 15. The lowest BCUT2D eigenvalue weighted by molar-refractivity contribution is -0.148. The number of phenols is 1. The average molecular weight is 1480 g/mol. The summed E-state index contributed by atoms with van der Waals surface area (Å²) in [6.45, 7) is 4.19. The number of carboxylic acids is 4. The highest BCUT2D eigenvalue weighted by atomic mass is 32.1. The van der Waals surface area contributed by atoms with Crippen molar-refractivity contribution in [3.8, 4) is 28.2 Å². The van der Waals surface area contributed by atoms with Crippen LogP contribution in [0.3, 0.4) is 0 Å². The number of anilines is 1. The number of nitrogens with two attached hydrogens (primary N) is 1. The van der Waals surface area contributed by atoms with Crippen LogP contribution in [0.1, 0.15) is 140 Å². The predicted octanol–water partition coefficient (Wildman–Crippen LogP) is 0.436. The predicted molar refractivity (Wildman–Crippen MR) is 377 cm³/mol. The second-order valence-electron chi connectivity index (χ2n) is 25.9. The van der Waals surface area contributed by atoms with Gasteiger partial charge in [-0.2, -0.15) is 0 Å². The summed E-state index contributed by atoms with van der Waals surface area (Å²) >= 11 is 5.57. The number of aliphatic hydroxyl groups is 1. The van der Waals surface area contributed by atoms with E-state index >= 15 is 0 Å². The molecule has 16 N–H and O–H groups in total. The summed E-state index contributed by atoms with van der Waals surface area (Å²) in [5, 5.41) is 79.5. The van der Waals surface area contributed by atoms with Gasteiger partial charge in [0.25, 0.3) is 5.91 Å². The Labute approximate surface area is 607 Å². The van der Waals surface area contributed by atoms with Crippen molar-refractivity contribution in [3.63, 3.8) is 0 Å². The second-order valence-corrected chi connectivity index (χ2v) is 26.3. The Bertz CT molecular complexity index is 3980. The number of likely N-dealkylation sites (tertiary alicyclic amines) is 3. The van der Waals surface area contributed by atoms with Gasteiger partial charge in [-0.25, -0.2) is 10.2 Å². The molecule has 4 aliphatic heterocycles. The summed E-state index contributed by atoms with van der Waals surface area (Å²) in [5.74, 6) is -13.7. The number of aliphatic hydroxyl groups excluding tert-OH is 1. The number of amides is 10. The van der Waals surface area contributed by atoms with E-state index < -0.39 is 177 Å². The molecule has 3 fully saturated rings. The molecule has 2 aromatic carbocycles. The molecule has 2 aromatic rings. The molecule has 0 unspecified atom stereocenters. The molecule has 7 rings (SSSR count). The zero-order chi connectivity index (χ0) is 76.9. The lowest BCUT2D eigenvalue weighted by atomic mass is 9.90. The number of benzene rings is 3. The van der Waals surface area contributed by atoms with E-state index in [0.29, 0.717) is 54.3 Å². The number of hydrazine groups is 1. The minimum Gasteiger partial charge on any atom is -0.508 e. The first-order valence-electron chi connectivity index (χ1n) is 34.6. The van der Waals surface area contributed by atoms with Crippen molar-refractivity contribution in [2.75, 3.05) is 44.6 Å². The Morgan fingerprint density at radius 2 is 1.21 bits per heavy atom. The highest BCUT2D eigenvalue weighted by molar-refractivity contribution is 7.80. The third-order valence-corrected chi connectivity index (χ3v) is 18.4. The van der Waals surface area contributed by atoms with Crippen molar-refractivity contribution in [1.82, 2.24) is 57.0 Å². The molecular formula is C69H89N13O22S. The van der Waals surface area contributed by atoms with Gasteiger partial charge >= 0.3 is 23.9 Å². The Morgan fingerprint density at radius 1 is 0.629 bits per heavy atom. The second kappa shape index (κ2) is 38.0. The number of carboxylic acid groups (broad SMARTS) is 4. The van der Waals surface area contributed by atoms with Crippen LogP contribution >= 0.6 is 12.2 Å². The third kappa shape index (κ3) is 22.3. The largest absolute Gasteiger partial charge is 0.508 e. The molecule has 36 heteroatoms. The molecule has 568 valence electrons. The molecule has 0 spiro atoms. The number of thiocarbonyl (C=S) groups is 1. The molecule has 35 nitrogen and oxygen atoms in total. The van der Waals surface area contributed by atoms with Gasteiger partial charge in [0.1, 0.15) is 72.0 Å². The van der Waals surface area contributed by atoms with Gasteiger partial charge in [-0.3, -0.25) is 72.1 Å². The van der Waals surface area contributed by atoms with Gasteiger partial charge in [0.2, 0.25) is 53.2 Å². The minimum absolute atomic E-state index is 0.00249. The van der Waals surface area contributed by atoms with E-state index in [0.717, 1.165) is 14.8 Å². The van der Waals surface area contributed by atoms with Crippen molar-refractivity contribution < 1.29 is 102 Å². The van der Waals surface area contributed by atoms with Gasteiger partial charge in [0.05, 0.1) is 11.7 Å². The maximum Gasteiger partial charge on any atom is 0.336 e. The van der Waals surface area contributed by atoms with E-state index in [9.17, 15) is 97.5 Å². The van der Waals surface area contributed by atoms with Crippen LogP contribution in [0.4, 0.5) is 5.69 Å². The summed E-state index contributed by atoms with van der Waals surface area (Å²) in [6, 6.07) is 1.62. The Hall–Kier alpha value is -10.9.